The Bertz CT molecular complexity index is 795. The van der Waals surface area contributed by atoms with Crippen molar-refractivity contribution in [3.63, 3.8) is 0 Å². The van der Waals surface area contributed by atoms with E-state index in [9.17, 15) is 0 Å². The van der Waals surface area contributed by atoms with E-state index in [1.165, 1.54) is 41.5 Å². The summed E-state index contributed by atoms with van der Waals surface area (Å²) < 4.78 is 0. The highest BCUT2D eigenvalue weighted by Gasteiger charge is 2.15. The van der Waals surface area contributed by atoms with Gasteiger partial charge >= 0.3 is 0 Å². The molecule has 0 unspecified atom stereocenters. The third-order valence-corrected chi connectivity index (χ3v) is 5.61. The Morgan fingerprint density at radius 3 is 2.81 bits per heavy atom. The number of hydrogen-bond donors (Lipinski definition) is 2. The van der Waals surface area contributed by atoms with Crippen LogP contribution in [0.15, 0.2) is 47.0 Å². The van der Waals surface area contributed by atoms with Gasteiger partial charge in [-0.15, -0.1) is 11.3 Å². The van der Waals surface area contributed by atoms with Crippen LogP contribution in [0, 0.1) is 0 Å². The molecule has 1 aliphatic carbocycles. The number of allylic oxidation sites excluding steroid dienone is 3. The molecule has 3 rings (SSSR count). The van der Waals surface area contributed by atoms with Gasteiger partial charge in [-0.25, -0.2) is 4.98 Å². The van der Waals surface area contributed by atoms with Gasteiger partial charge in [-0.1, -0.05) is 44.5 Å². The molecule has 3 N–H and O–H groups in total. The van der Waals surface area contributed by atoms with E-state index in [4.69, 9.17) is 10.7 Å². The minimum atomic E-state index is 0.557. The van der Waals surface area contributed by atoms with E-state index in [1.54, 1.807) is 11.3 Å². The van der Waals surface area contributed by atoms with Crippen LogP contribution in [0.4, 0.5) is 5.13 Å². The van der Waals surface area contributed by atoms with Crippen molar-refractivity contribution in [2.24, 2.45) is 5.73 Å². The SMILES string of the molecule is CC/C=C(\CCC)c1cccc(-c2csc(NC(CN)=C3CCC3)n2)c1. The van der Waals surface area contributed by atoms with Gasteiger partial charge in [0.15, 0.2) is 5.13 Å². The number of thiazole rings is 1. The normalized spacial score (nSPS) is 14.3. The first kappa shape index (κ1) is 18.9. The summed E-state index contributed by atoms with van der Waals surface area (Å²) in [6, 6.07) is 8.76. The van der Waals surface area contributed by atoms with Gasteiger partial charge in [0.1, 0.15) is 0 Å². The third kappa shape index (κ3) is 4.43. The second kappa shape index (κ2) is 9.15. The molecule has 0 atom stereocenters. The first-order chi connectivity index (χ1) is 12.7. The van der Waals surface area contributed by atoms with Crippen LogP contribution in [-0.2, 0) is 0 Å². The van der Waals surface area contributed by atoms with E-state index in [0.717, 1.165) is 35.8 Å². The second-order valence-corrected chi connectivity index (χ2v) is 7.63. The van der Waals surface area contributed by atoms with Crippen molar-refractivity contribution < 1.29 is 0 Å². The van der Waals surface area contributed by atoms with Gasteiger partial charge < -0.3 is 11.1 Å². The summed E-state index contributed by atoms with van der Waals surface area (Å²) in [5, 5.41) is 6.51. The van der Waals surface area contributed by atoms with Crippen molar-refractivity contribution in [3.05, 3.63) is 52.6 Å². The molecule has 0 saturated heterocycles. The fourth-order valence-corrected chi connectivity index (χ4v) is 4.04. The van der Waals surface area contributed by atoms with Gasteiger partial charge in [-0.2, -0.15) is 0 Å². The van der Waals surface area contributed by atoms with E-state index in [2.05, 4.69) is 54.9 Å². The first-order valence-corrected chi connectivity index (χ1v) is 10.6. The van der Waals surface area contributed by atoms with Gasteiger partial charge in [-0.05, 0) is 54.9 Å². The Morgan fingerprint density at radius 2 is 2.15 bits per heavy atom. The number of aromatic nitrogens is 1. The molecule has 4 heteroatoms. The Balaban J connectivity index is 1.81. The lowest BCUT2D eigenvalue weighted by molar-refractivity contribution is 0.648. The van der Waals surface area contributed by atoms with E-state index in [0.29, 0.717) is 6.54 Å². The zero-order valence-corrected chi connectivity index (χ0v) is 16.7. The maximum absolute atomic E-state index is 5.91. The maximum Gasteiger partial charge on any atom is 0.187 e. The fourth-order valence-electron chi connectivity index (χ4n) is 3.29. The van der Waals surface area contributed by atoms with Crippen LogP contribution in [-0.4, -0.2) is 11.5 Å². The predicted octanol–water partition coefficient (Wildman–Crippen LogP) is 6.21. The Kier molecular flexibility index (Phi) is 6.64. The molecule has 138 valence electrons. The minimum Gasteiger partial charge on any atom is -0.334 e. The molecule has 0 amide bonds. The summed E-state index contributed by atoms with van der Waals surface area (Å²) in [6.07, 6.45) is 9.32. The van der Waals surface area contributed by atoms with Gasteiger partial charge in [-0.3, -0.25) is 0 Å². The van der Waals surface area contributed by atoms with E-state index in [-0.39, 0.29) is 0 Å². The molecule has 0 bridgehead atoms. The summed E-state index contributed by atoms with van der Waals surface area (Å²) in [7, 11) is 0. The smallest absolute Gasteiger partial charge is 0.187 e. The van der Waals surface area contributed by atoms with E-state index >= 15 is 0 Å². The largest absolute Gasteiger partial charge is 0.334 e. The van der Waals surface area contributed by atoms with Gasteiger partial charge in [0.2, 0.25) is 0 Å². The van der Waals surface area contributed by atoms with Crippen molar-refractivity contribution in [2.45, 2.75) is 52.4 Å². The number of rotatable bonds is 8. The van der Waals surface area contributed by atoms with Crippen molar-refractivity contribution in [2.75, 3.05) is 11.9 Å². The number of hydrogen-bond acceptors (Lipinski definition) is 4. The molecule has 2 aromatic rings. The van der Waals surface area contributed by atoms with Crippen LogP contribution in [0.2, 0.25) is 0 Å². The van der Waals surface area contributed by atoms with Gasteiger partial charge in [0.25, 0.3) is 0 Å². The summed E-state index contributed by atoms with van der Waals surface area (Å²) >= 11 is 1.65. The standard InChI is InChI=1S/C22H29N3S/c1-3-7-16(8-4-2)18-11-6-12-19(13-18)21-15-26-22(25-21)24-20(14-23)17-9-5-10-17/h6-7,11-13,15H,3-5,8-10,14,23H2,1-2H3,(H,24,25)/b16-7+. The highest BCUT2D eigenvalue weighted by atomic mass is 32.1. The molecule has 0 spiro atoms. The van der Waals surface area contributed by atoms with Crippen molar-refractivity contribution in [1.29, 1.82) is 0 Å². The fraction of sp³-hybridized carbons (Fsp3) is 0.409. The number of nitrogens with one attached hydrogen (secondary N) is 1. The highest BCUT2D eigenvalue weighted by molar-refractivity contribution is 7.14. The lowest BCUT2D eigenvalue weighted by atomic mass is 9.90. The number of benzene rings is 1. The van der Waals surface area contributed by atoms with Crippen LogP contribution in [0.3, 0.4) is 0 Å². The van der Waals surface area contributed by atoms with Crippen molar-refractivity contribution in [1.82, 2.24) is 4.98 Å². The first-order valence-electron chi connectivity index (χ1n) is 9.68. The van der Waals surface area contributed by atoms with Crippen molar-refractivity contribution >= 4 is 22.0 Å². The highest BCUT2D eigenvalue weighted by Crippen LogP contribution is 2.32. The van der Waals surface area contributed by atoms with Crippen LogP contribution in [0.25, 0.3) is 16.8 Å². The molecule has 1 heterocycles. The van der Waals surface area contributed by atoms with Crippen LogP contribution < -0.4 is 11.1 Å². The molecule has 26 heavy (non-hydrogen) atoms. The average molecular weight is 368 g/mol. The molecule has 1 fully saturated rings. The second-order valence-electron chi connectivity index (χ2n) is 6.77. The summed E-state index contributed by atoms with van der Waals surface area (Å²) in [5.74, 6) is 0. The zero-order valence-electron chi connectivity index (χ0n) is 15.8. The molecule has 1 aromatic carbocycles. The minimum absolute atomic E-state index is 0.557. The lowest BCUT2D eigenvalue weighted by Crippen LogP contribution is -2.17. The maximum atomic E-state index is 5.91. The van der Waals surface area contributed by atoms with Gasteiger partial charge in [0, 0.05) is 23.2 Å². The predicted molar refractivity (Wildman–Crippen MR) is 114 cm³/mol. The molecule has 1 saturated carbocycles. The Labute approximate surface area is 161 Å². The number of nitrogens with zero attached hydrogens (tertiary/aromatic N) is 1. The van der Waals surface area contributed by atoms with Crippen LogP contribution in [0.5, 0.6) is 0 Å². The number of nitrogens with two attached hydrogens (primary N) is 1. The molecule has 0 aliphatic heterocycles. The summed E-state index contributed by atoms with van der Waals surface area (Å²) in [5.41, 5.74) is 13.5. The molecule has 1 aromatic heterocycles. The van der Waals surface area contributed by atoms with Crippen LogP contribution >= 0.6 is 11.3 Å². The van der Waals surface area contributed by atoms with E-state index < -0.39 is 0 Å². The molecular formula is C22H29N3S. The third-order valence-electron chi connectivity index (χ3n) is 4.85. The van der Waals surface area contributed by atoms with Gasteiger partial charge in [0.05, 0.1) is 5.69 Å². The topological polar surface area (TPSA) is 50.9 Å². The molecule has 3 nitrogen and oxygen atoms in total. The lowest BCUT2D eigenvalue weighted by Gasteiger charge is -2.21. The Morgan fingerprint density at radius 1 is 1.31 bits per heavy atom. The Hall–Kier alpha value is -1.91. The van der Waals surface area contributed by atoms with E-state index in [1.807, 2.05) is 0 Å². The van der Waals surface area contributed by atoms with Crippen molar-refractivity contribution in [3.8, 4) is 11.3 Å². The molecule has 1 aliphatic rings. The zero-order chi connectivity index (χ0) is 18.4. The molecular weight excluding hydrogens is 338 g/mol. The summed E-state index contributed by atoms with van der Waals surface area (Å²) in [4.78, 5) is 4.80. The quantitative estimate of drug-likeness (QED) is 0.583. The summed E-state index contributed by atoms with van der Waals surface area (Å²) in [6.45, 7) is 4.99. The van der Waals surface area contributed by atoms with Crippen LogP contribution in [0.1, 0.15) is 57.9 Å². The molecule has 0 radical (unpaired) electrons. The monoisotopic (exact) mass is 367 g/mol. The number of anilines is 1. The average Bonchev–Trinajstić information content (AvgIpc) is 3.08.